The lowest BCUT2D eigenvalue weighted by Crippen LogP contribution is -2.38. The average Bonchev–Trinajstić information content (AvgIpc) is 2.88. The molecule has 2 nitrogen and oxygen atoms in total. The summed E-state index contributed by atoms with van der Waals surface area (Å²) in [7, 11) is 0. The molecule has 1 saturated carbocycles. The van der Waals surface area contributed by atoms with E-state index in [1.807, 2.05) is 0 Å². The molecule has 0 bridgehead atoms. The molecule has 1 N–H and O–H groups in total. The fraction of sp³-hybridized carbons (Fsp3) is 0.647. The Bertz CT molecular complexity index is 429. The molecule has 0 saturated heterocycles. The van der Waals surface area contributed by atoms with Gasteiger partial charge in [0.2, 0.25) is 0 Å². The summed E-state index contributed by atoms with van der Waals surface area (Å²) in [5.41, 5.74) is 2.84. The molecule has 3 rings (SSSR count). The first-order valence-electron chi connectivity index (χ1n) is 7.81. The van der Waals surface area contributed by atoms with Crippen molar-refractivity contribution >= 4 is 0 Å². The van der Waals surface area contributed by atoms with E-state index in [2.05, 4.69) is 30.4 Å². The molecule has 0 amide bonds. The highest BCUT2D eigenvalue weighted by atomic mass is 16.5. The average molecular weight is 259 g/mol. The zero-order chi connectivity index (χ0) is 13.1. The molecule has 2 atom stereocenters. The van der Waals surface area contributed by atoms with Gasteiger partial charge in [0, 0.05) is 12.5 Å². The van der Waals surface area contributed by atoms with Crippen molar-refractivity contribution in [1.82, 2.24) is 5.32 Å². The highest BCUT2D eigenvalue weighted by Crippen LogP contribution is 2.26. The van der Waals surface area contributed by atoms with Gasteiger partial charge in [-0.2, -0.15) is 0 Å². The number of fused-ring (bicyclic) bond motifs is 1. The number of ether oxygens (including phenoxy) is 1. The number of nitrogens with one attached hydrogen (secondary N) is 1. The predicted octanol–water partition coefficient (Wildman–Crippen LogP) is 3.33. The van der Waals surface area contributed by atoms with Crippen molar-refractivity contribution in [3.8, 4) is 5.75 Å². The first-order valence-corrected chi connectivity index (χ1v) is 7.81. The maximum Gasteiger partial charge on any atom is 0.122 e. The lowest BCUT2D eigenvalue weighted by atomic mass is 9.86. The van der Waals surface area contributed by atoms with Crippen LogP contribution in [0.15, 0.2) is 18.2 Å². The van der Waals surface area contributed by atoms with Crippen LogP contribution in [0.2, 0.25) is 0 Å². The number of rotatable bonds is 4. The summed E-state index contributed by atoms with van der Waals surface area (Å²) in [5.74, 6) is 1.94. The highest BCUT2D eigenvalue weighted by molar-refractivity contribution is 5.39. The minimum Gasteiger partial charge on any atom is -0.493 e. The van der Waals surface area contributed by atoms with Crippen molar-refractivity contribution in [2.75, 3.05) is 13.2 Å². The fourth-order valence-electron chi connectivity index (χ4n) is 3.42. The molecule has 0 aromatic heterocycles. The maximum absolute atomic E-state index is 5.55. The van der Waals surface area contributed by atoms with Gasteiger partial charge in [-0.3, -0.25) is 0 Å². The minimum absolute atomic E-state index is 0.742. The first kappa shape index (κ1) is 13.0. The molecule has 104 valence electrons. The van der Waals surface area contributed by atoms with Crippen LogP contribution in [-0.4, -0.2) is 19.2 Å². The Labute approximate surface area is 116 Å². The van der Waals surface area contributed by atoms with Gasteiger partial charge in [0.05, 0.1) is 6.61 Å². The predicted molar refractivity (Wildman–Crippen MR) is 78.8 cm³/mol. The Kier molecular flexibility index (Phi) is 4.07. The molecule has 1 heterocycles. The summed E-state index contributed by atoms with van der Waals surface area (Å²) >= 11 is 0. The van der Waals surface area contributed by atoms with Crippen molar-refractivity contribution in [2.45, 2.75) is 51.5 Å². The second-order valence-electron chi connectivity index (χ2n) is 6.11. The number of hydrogen-bond donors (Lipinski definition) is 1. The van der Waals surface area contributed by atoms with Gasteiger partial charge in [0.25, 0.3) is 0 Å². The van der Waals surface area contributed by atoms with Crippen LogP contribution in [0.4, 0.5) is 0 Å². The topological polar surface area (TPSA) is 21.3 Å². The molecule has 1 aliphatic carbocycles. The maximum atomic E-state index is 5.55. The van der Waals surface area contributed by atoms with Crippen LogP contribution in [0.25, 0.3) is 0 Å². The van der Waals surface area contributed by atoms with Gasteiger partial charge in [-0.1, -0.05) is 31.9 Å². The van der Waals surface area contributed by atoms with E-state index in [-0.39, 0.29) is 0 Å². The molecular weight excluding hydrogens is 234 g/mol. The van der Waals surface area contributed by atoms with Crippen LogP contribution in [0.3, 0.4) is 0 Å². The highest BCUT2D eigenvalue weighted by Gasteiger charge is 2.20. The normalized spacial score (nSPS) is 25.9. The fourth-order valence-corrected chi connectivity index (χ4v) is 3.42. The van der Waals surface area contributed by atoms with Gasteiger partial charge in [0.1, 0.15) is 5.75 Å². The Morgan fingerprint density at radius 1 is 1.26 bits per heavy atom. The molecule has 0 radical (unpaired) electrons. The van der Waals surface area contributed by atoms with Crippen molar-refractivity contribution in [2.24, 2.45) is 5.92 Å². The molecule has 0 spiro atoms. The van der Waals surface area contributed by atoms with E-state index in [0.29, 0.717) is 0 Å². The quantitative estimate of drug-likeness (QED) is 0.895. The van der Waals surface area contributed by atoms with E-state index < -0.39 is 0 Å². The van der Waals surface area contributed by atoms with Gasteiger partial charge in [0.15, 0.2) is 0 Å². The molecule has 19 heavy (non-hydrogen) atoms. The SMILES string of the molecule is CC1CCCCC1NCCc1ccc2c(c1)CCO2. The molecule has 2 unspecified atom stereocenters. The van der Waals surface area contributed by atoms with Crippen LogP contribution in [0.5, 0.6) is 5.75 Å². The second kappa shape index (κ2) is 5.96. The summed E-state index contributed by atoms with van der Waals surface area (Å²) in [4.78, 5) is 0. The monoisotopic (exact) mass is 259 g/mol. The molecule has 1 aliphatic heterocycles. The van der Waals surface area contributed by atoms with Crippen LogP contribution >= 0.6 is 0 Å². The first-order chi connectivity index (χ1) is 9.33. The van der Waals surface area contributed by atoms with Crippen molar-refractivity contribution in [3.05, 3.63) is 29.3 Å². The third kappa shape index (κ3) is 3.11. The van der Waals surface area contributed by atoms with Crippen LogP contribution in [0.1, 0.15) is 43.7 Å². The molecule has 2 heteroatoms. The lowest BCUT2D eigenvalue weighted by Gasteiger charge is -2.29. The zero-order valence-corrected chi connectivity index (χ0v) is 12.0. The third-order valence-electron chi connectivity index (χ3n) is 4.69. The number of benzene rings is 1. The van der Waals surface area contributed by atoms with Crippen LogP contribution in [0, 0.1) is 5.92 Å². The molecule has 1 aromatic carbocycles. The largest absolute Gasteiger partial charge is 0.493 e. The summed E-state index contributed by atoms with van der Waals surface area (Å²) in [6.45, 7) is 4.36. The lowest BCUT2D eigenvalue weighted by molar-refractivity contribution is 0.282. The minimum atomic E-state index is 0.742. The van der Waals surface area contributed by atoms with Crippen molar-refractivity contribution in [3.63, 3.8) is 0 Å². The zero-order valence-electron chi connectivity index (χ0n) is 12.0. The standard InChI is InChI=1S/C17H25NO/c1-13-4-2-3-5-16(13)18-10-8-14-6-7-17-15(12-14)9-11-19-17/h6-7,12-13,16,18H,2-5,8-11H2,1H3. The Morgan fingerprint density at radius 3 is 3.05 bits per heavy atom. The van der Waals surface area contributed by atoms with Crippen LogP contribution in [-0.2, 0) is 12.8 Å². The molecule has 1 aromatic rings. The summed E-state index contributed by atoms with van der Waals surface area (Å²) in [6.07, 6.45) is 7.79. The Morgan fingerprint density at radius 2 is 2.16 bits per heavy atom. The van der Waals surface area contributed by atoms with E-state index in [1.54, 1.807) is 0 Å². The second-order valence-corrected chi connectivity index (χ2v) is 6.11. The van der Waals surface area contributed by atoms with Gasteiger partial charge in [-0.05, 0) is 48.9 Å². The summed E-state index contributed by atoms with van der Waals surface area (Å²) < 4.78 is 5.55. The van der Waals surface area contributed by atoms with Crippen molar-refractivity contribution < 1.29 is 4.74 Å². The molecule has 1 fully saturated rings. The summed E-state index contributed by atoms with van der Waals surface area (Å²) in [6, 6.07) is 7.43. The van der Waals surface area contributed by atoms with E-state index in [0.717, 1.165) is 43.7 Å². The van der Waals surface area contributed by atoms with Gasteiger partial charge in [-0.15, -0.1) is 0 Å². The smallest absolute Gasteiger partial charge is 0.122 e. The Hall–Kier alpha value is -1.02. The summed E-state index contributed by atoms with van der Waals surface area (Å²) in [5, 5.41) is 3.76. The van der Waals surface area contributed by atoms with Gasteiger partial charge < -0.3 is 10.1 Å². The Balaban J connectivity index is 1.49. The number of hydrogen-bond acceptors (Lipinski definition) is 2. The third-order valence-corrected chi connectivity index (χ3v) is 4.69. The molecular formula is C17H25NO. The van der Waals surface area contributed by atoms with Crippen LogP contribution < -0.4 is 10.1 Å². The van der Waals surface area contributed by atoms with E-state index in [4.69, 9.17) is 4.74 Å². The van der Waals surface area contributed by atoms with Crippen molar-refractivity contribution in [1.29, 1.82) is 0 Å². The van der Waals surface area contributed by atoms with E-state index in [1.165, 1.54) is 36.8 Å². The van der Waals surface area contributed by atoms with E-state index >= 15 is 0 Å². The van der Waals surface area contributed by atoms with Gasteiger partial charge in [-0.25, -0.2) is 0 Å². The molecule has 2 aliphatic rings. The van der Waals surface area contributed by atoms with E-state index in [9.17, 15) is 0 Å². The van der Waals surface area contributed by atoms with Gasteiger partial charge >= 0.3 is 0 Å².